The Hall–Kier alpha value is -2.56. The fourth-order valence-electron chi connectivity index (χ4n) is 2.22. The fraction of sp³-hybridized carbons (Fsp3) is 0.200. The van der Waals surface area contributed by atoms with Gasteiger partial charge in [0.15, 0.2) is 0 Å². The molecule has 0 radical (unpaired) electrons. The number of fused-ring (bicyclic) bond motifs is 1. The first-order chi connectivity index (χ1) is 9.74. The number of carbonyl (C=O) groups is 1. The molecule has 3 rings (SSSR count). The van der Waals surface area contributed by atoms with Gasteiger partial charge in [-0.05, 0) is 30.5 Å². The first-order valence-corrected chi connectivity index (χ1v) is 6.57. The van der Waals surface area contributed by atoms with Crippen LogP contribution in [0.4, 0.5) is 0 Å². The van der Waals surface area contributed by atoms with E-state index in [9.17, 15) is 4.79 Å². The van der Waals surface area contributed by atoms with Gasteiger partial charge in [-0.3, -0.25) is 4.79 Å². The van der Waals surface area contributed by atoms with E-state index < -0.39 is 0 Å². The van der Waals surface area contributed by atoms with Crippen LogP contribution in [-0.2, 0) is 6.54 Å². The highest BCUT2D eigenvalue weighted by Gasteiger charge is 2.06. The molecule has 0 spiro atoms. The van der Waals surface area contributed by atoms with Gasteiger partial charge in [0.2, 0.25) is 0 Å². The van der Waals surface area contributed by atoms with Crippen LogP contribution in [0.5, 0.6) is 0 Å². The van der Waals surface area contributed by atoms with Crippen LogP contribution in [0.2, 0.25) is 0 Å². The van der Waals surface area contributed by atoms with Crippen molar-refractivity contribution in [1.82, 2.24) is 19.9 Å². The van der Waals surface area contributed by atoms with Crippen molar-refractivity contribution in [3.63, 3.8) is 0 Å². The number of aryl methyl sites for hydroxylation is 1. The van der Waals surface area contributed by atoms with E-state index in [0.717, 1.165) is 23.3 Å². The molecule has 0 atom stereocenters. The SMILES string of the molecule is Cc1nccn1CCNC(=O)c1ccc2cc[nH]c2c1. The average Bonchev–Trinajstić information content (AvgIpc) is 3.07. The third kappa shape index (κ3) is 2.42. The second kappa shape index (κ2) is 5.21. The summed E-state index contributed by atoms with van der Waals surface area (Å²) in [6.45, 7) is 3.25. The first-order valence-electron chi connectivity index (χ1n) is 6.57. The van der Waals surface area contributed by atoms with Crippen LogP contribution in [0, 0.1) is 6.92 Å². The maximum Gasteiger partial charge on any atom is 0.251 e. The molecular weight excluding hydrogens is 252 g/mol. The predicted molar refractivity (Wildman–Crippen MR) is 77.6 cm³/mol. The van der Waals surface area contributed by atoms with Crippen LogP contribution >= 0.6 is 0 Å². The number of rotatable bonds is 4. The van der Waals surface area contributed by atoms with Gasteiger partial charge < -0.3 is 14.9 Å². The summed E-state index contributed by atoms with van der Waals surface area (Å²) >= 11 is 0. The van der Waals surface area contributed by atoms with E-state index in [1.807, 2.05) is 48.1 Å². The molecule has 0 aliphatic carbocycles. The van der Waals surface area contributed by atoms with Crippen LogP contribution < -0.4 is 5.32 Å². The lowest BCUT2D eigenvalue weighted by Gasteiger charge is -2.07. The molecule has 5 nitrogen and oxygen atoms in total. The lowest BCUT2D eigenvalue weighted by Crippen LogP contribution is -2.27. The zero-order chi connectivity index (χ0) is 13.9. The van der Waals surface area contributed by atoms with Crippen LogP contribution in [0.3, 0.4) is 0 Å². The van der Waals surface area contributed by atoms with Crippen LogP contribution in [0.15, 0.2) is 42.9 Å². The Labute approximate surface area is 116 Å². The van der Waals surface area contributed by atoms with E-state index in [2.05, 4.69) is 15.3 Å². The predicted octanol–water partition coefficient (Wildman–Crippen LogP) is 2.10. The highest BCUT2D eigenvalue weighted by atomic mass is 16.1. The molecule has 2 aromatic heterocycles. The van der Waals surface area contributed by atoms with E-state index in [-0.39, 0.29) is 5.91 Å². The molecule has 2 heterocycles. The molecule has 0 saturated heterocycles. The summed E-state index contributed by atoms with van der Waals surface area (Å²) < 4.78 is 2.01. The second-order valence-electron chi connectivity index (χ2n) is 4.70. The number of H-pyrrole nitrogens is 1. The van der Waals surface area contributed by atoms with Gasteiger partial charge in [-0.25, -0.2) is 4.98 Å². The summed E-state index contributed by atoms with van der Waals surface area (Å²) in [6, 6.07) is 7.64. The highest BCUT2D eigenvalue weighted by Crippen LogP contribution is 2.13. The molecule has 5 heteroatoms. The molecule has 0 unspecified atom stereocenters. The van der Waals surface area contributed by atoms with Gasteiger partial charge in [-0.2, -0.15) is 0 Å². The average molecular weight is 268 g/mol. The number of aromatic nitrogens is 3. The second-order valence-corrected chi connectivity index (χ2v) is 4.70. The largest absolute Gasteiger partial charge is 0.361 e. The lowest BCUT2D eigenvalue weighted by molar-refractivity contribution is 0.0952. The summed E-state index contributed by atoms with van der Waals surface area (Å²) in [6.07, 6.45) is 5.54. The molecule has 0 bridgehead atoms. The molecule has 1 aromatic carbocycles. The van der Waals surface area contributed by atoms with Crippen molar-refractivity contribution >= 4 is 16.8 Å². The van der Waals surface area contributed by atoms with E-state index in [0.29, 0.717) is 12.1 Å². The van der Waals surface area contributed by atoms with Crippen molar-refractivity contribution in [2.24, 2.45) is 0 Å². The fourth-order valence-corrected chi connectivity index (χ4v) is 2.22. The van der Waals surface area contributed by atoms with Crippen molar-refractivity contribution in [2.45, 2.75) is 13.5 Å². The maximum atomic E-state index is 12.1. The van der Waals surface area contributed by atoms with Crippen LogP contribution in [0.1, 0.15) is 16.2 Å². The molecule has 2 N–H and O–H groups in total. The third-order valence-corrected chi connectivity index (χ3v) is 3.38. The maximum absolute atomic E-state index is 12.1. The lowest BCUT2D eigenvalue weighted by atomic mass is 10.1. The minimum Gasteiger partial charge on any atom is -0.361 e. The quantitative estimate of drug-likeness (QED) is 0.761. The van der Waals surface area contributed by atoms with Crippen molar-refractivity contribution in [3.05, 3.63) is 54.2 Å². The Balaban J connectivity index is 1.62. The topological polar surface area (TPSA) is 62.7 Å². The molecular formula is C15H16N4O. The zero-order valence-electron chi connectivity index (χ0n) is 11.3. The molecule has 20 heavy (non-hydrogen) atoms. The van der Waals surface area contributed by atoms with Crippen LogP contribution in [-0.4, -0.2) is 27.0 Å². The first kappa shape index (κ1) is 12.5. The minimum absolute atomic E-state index is 0.0562. The monoisotopic (exact) mass is 268 g/mol. The molecule has 102 valence electrons. The zero-order valence-corrected chi connectivity index (χ0v) is 11.3. The number of hydrogen-bond acceptors (Lipinski definition) is 2. The summed E-state index contributed by atoms with van der Waals surface area (Å²) in [4.78, 5) is 19.3. The van der Waals surface area contributed by atoms with E-state index in [4.69, 9.17) is 0 Å². The molecule has 0 aliphatic rings. The highest BCUT2D eigenvalue weighted by molar-refractivity contribution is 5.97. The molecule has 1 amide bonds. The van der Waals surface area contributed by atoms with Gasteiger partial charge >= 0.3 is 0 Å². The Morgan fingerprint density at radius 1 is 1.40 bits per heavy atom. The summed E-state index contributed by atoms with van der Waals surface area (Å²) in [5.41, 5.74) is 1.64. The third-order valence-electron chi connectivity index (χ3n) is 3.38. The molecule has 3 aromatic rings. The van der Waals surface area contributed by atoms with Crippen molar-refractivity contribution < 1.29 is 4.79 Å². The van der Waals surface area contributed by atoms with Gasteiger partial charge in [0.05, 0.1) is 0 Å². The number of benzene rings is 1. The standard InChI is InChI=1S/C15H16N4O/c1-11-16-6-8-19(11)9-7-18-15(20)13-3-2-12-4-5-17-14(12)10-13/h2-6,8,10,17H,7,9H2,1H3,(H,18,20). The summed E-state index contributed by atoms with van der Waals surface area (Å²) in [5, 5.41) is 4.03. The van der Waals surface area contributed by atoms with Crippen molar-refractivity contribution in [2.75, 3.05) is 6.54 Å². The van der Waals surface area contributed by atoms with Crippen molar-refractivity contribution in [3.8, 4) is 0 Å². The molecule has 0 fully saturated rings. The number of aromatic amines is 1. The van der Waals surface area contributed by atoms with Gasteiger partial charge in [0.25, 0.3) is 5.91 Å². The van der Waals surface area contributed by atoms with E-state index >= 15 is 0 Å². The number of amides is 1. The minimum atomic E-state index is -0.0562. The van der Waals surface area contributed by atoms with Gasteiger partial charge in [0.1, 0.15) is 5.82 Å². The smallest absolute Gasteiger partial charge is 0.251 e. The number of hydrogen-bond donors (Lipinski definition) is 2. The summed E-state index contributed by atoms with van der Waals surface area (Å²) in [7, 11) is 0. The van der Waals surface area contributed by atoms with Gasteiger partial charge in [0, 0.05) is 42.8 Å². The van der Waals surface area contributed by atoms with Crippen molar-refractivity contribution in [1.29, 1.82) is 0 Å². The Kier molecular flexibility index (Phi) is 3.25. The van der Waals surface area contributed by atoms with E-state index in [1.54, 1.807) is 6.20 Å². The molecule has 0 saturated carbocycles. The number of carbonyl (C=O) groups excluding carboxylic acids is 1. The Bertz CT molecular complexity index is 741. The van der Waals surface area contributed by atoms with Gasteiger partial charge in [-0.15, -0.1) is 0 Å². The number of nitrogens with one attached hydrogen (secondary N) is 2. The van der Waals surface area contributed by atoms with Gasteiger partial charge in [-0.1, -0.05) is 6.07 Å². The van der Waals surface area contributed by atoms with Crippen LogP contribution in [0.25, 0.3) is 10.9 Å². The Morgan fingerprint density at radius 2 is 2.30 bits per heavy atom. The normalized spacial score (nSPS) is 10.8. The summed E-state index contributed by atoms with van der Waals surface area (Å²) in [5.74, 6) is 0.895. The van der Waals surface area contributed by atoms with E-state index in [1.165, 1.54) is 0 Å². The Morgan fingerprint density at radius 3 is 3.10 bits per heavy atom. The molecule has 0 aliphatic heterocycles. The number of nitrogens with zero attached hydrogens (tertiary/aromatic N) is 2. The number of imidazole rings is 1.